The van der Waals surface area contributed by atoms with E-state index in [2.05, 4.69) is 0 Å². The van der Waals surface area contributed by atoms with Crippen LogP contribution in [-0.2, 0) is 15.7 Å². The average molecular weight is 288 g/mol. The van der Waals surface area contributed by atoms with E-state index in [1.165, 1.54) is 19.9 Å². The van der Waals surface area contributed by atoms with Gasteiger partial charge >= 0.3 is 12.1 Å². The first kappa shape index (κ1) is 16.2. The molecule has 0 amide bonds. The van der Waals surface area contributed by atoms with Crippen LogP contribution in [0, 0.1) is 5.41 Å². The maximum absolute atomic E-state index is 12.6. The Bertz CT molecular complexity index is 519. The maximum atomic E-state index is 12.6. The van der Waals surface area contributed by atoms with Crippen molar-refractivity contribution in [2.24, 2.45) is 5.41 Å². The molecule has 0 N–H and O–H groups in total. The number of rotatable bonds is 4. The third-order valence-electron chi connectivity index (χ3n) is 2.81. The number of esters is 1. The topological polar surface area (TPSA) is 43.4 Å². The molecule has 0 aliphatic carbocycles. The number of Topliss-reactive ketones (excluding diaryl/α,β-unsaturated/α-hetero) is 1. The summed E-state index contributed by atoms with van der Waals surface area (Å²) in [6.07, 6.45) is -4.54. The Labute approximate surface area is 114 Å². The van der Waals surface area contributed by atoms with Gasteiger partial charge in [0.05, 0.1) is 12.2 Å². The molecule has 0 atom stereocenters. The van der Waals surface area contributed by atoms with Gasteiger partial charge in [-0.1, -0.05) is 12.1 Å². The van der Waals surface area contributed by atoms with E-state index in [1.807, 2.05) is 0 Å². The van der Waals surface area contributed by atoms with Crippen LogP contribution in [0.25, 0.3) is 0 Å². The summed E-state index contributed by atoms with van der Waals surface area (Å²) in [5, 5.41) is 0. The molecule has 0 unspecified atom stereocenters. The van der Waals surface area contributed by atoms with E-state index >= 15 is 0 Å². The van der Waals surface area contributed by atoms with Crippen LogP contribution in [0.2, 0.25) is 0 Å². The zero-order valence-electron chi connectivity index (χ0n) is 11.4. The van der Waals surface area contributed by atoms with E-state index in [0.717, 1.165) is 18.2 Å². The maximum Gasteiger partial charge on any atom is 0.416 e. The normalized spacial score (nSPS) is 12.1. The van der Waals surface area contributed by atoms with Crippen molar-refractivity contribution in [3.63, 3.8) is 0 Å². The van der Waals surface area contributed by atoms with Crippen LogP contribution >= 0.6 is 0 Å². The molecule has 0 bridgehead atoms. The minimum atomic E-state index is -4.54. The number of halogens is 3. The summed E-state index contributed by atoms with van der Waals surface area (Å²) < 4.78 is 42.6. The highest BCUT2D eigenvalue weighted by Crippen LogP contribution is 2.31. The highest BCUT2D eigenvalue weighted by Gasteiger charge is 2.39. The summed E-state index contributed by atoms with van der Waals surface area (Å²) in [5.41, 5.74) is -2.62. The smallest absolute Gasteiger partial charge is 0.416 e. The second-order valence-corrected chi connectivity index (χ2v) is 4.75. The number of alkyl halides is 3. The van der Waals surface area contributed by atoms with Gasteiger partial charge in [-0.2, -0.15) is 13.2 Å². The Morgan fingerprint density at radius 3 is 2.30 bits per heavy atom. The van der Waals surface area contributed by atoms with Crippen LogP contribution in [0.5, 0.6) is 0 Å². The van der Waals surface area contributed by atoms with Gasteiger partial charge in [0.15, 0.2) is 5.78 Å². The molecule has 0 radical (unpaired) electrons. The van der Waals surface area contributed by atoms with Crippen LogP contribution in [-0.4, -0.2) is 18.4 Å². The molecule has 0 aliphatic rings. The van der Waals surface area contributed by atoms with Crippen molar-refractivity contribution < 1.29 is 27.5 Å². The number of carbonyl (C=O) groups excluding carboxylic acids is 2. The van der Waals surface area contributed by atoms with Crippen LogP contribution in [0.1, 0.15) is 36.7 Å². The summed E-state index contributed by atoms with van der Waals surface area (Å²) in [5.74, 6) is -1.47. The first-order valence-corrected chi connectivity index (χ1v) is 6.00. The van der Waals surface area contributed by atoms with Gasteiger partial charge in [-0.15, -0.1) is 0 Å². The molecule has 0 saturated heterocycles. The lowest BCUT2D eigenvalue weighted by atomic mass is 9.84. The van der Waals surface area contributed by atoms with Crippen LogP contribution in [0.4, 0.5) is 13.2 Å². The Morgan fingerprint density at radius 1 is 1.20 bits per heavy atom. The number of ketones is 1. The Kier molecular flexibility index (Phi) is 4.57. The lowest BCUT2D eigenvalue weighted by Gasteiger charge is -2.21. The van der Waals surface area contributed by atoms with Crippen LogP contribution in [0.3, 0.4) is 0 Å². The van der Waals surface area contributed by atoms with E-state index in [9.17, 15) is 22.8 Å². The summed E-state index contributed by atoms with van der Waals surface area (Å²) >= 11 is 0. The Hall–Kier alpha value is -1.85. The van der Waals surface area contributed by atoms with Gasteiger partial charge < -0.3 is 4.74 Å². The monoisotopic (exact) mass is 288 g/mol. The molecule has 0 heterocycles. The molecule has 1 aromatic rings. The van der Waals surface area contributed by atoms with Gasteiger partial charge in [0, 0.05) is 5.56 Å². The molecule has 0 spiro atoms. The fraction of sp³-hybridized carbons (Fsp3) is 0.429. The lowest BCUT2D eigenvalue weighted by Crippen LogP contribution is -2.35. The third-order valence-corrected chi connectivity index (χ3v) is 2.81. The van der Waals surface area contributed by atoms with Crippen molar-refractivity contribution in [3.05, 3.63) is 35.4 Å². The molecule has 0 saturated carbocycles. The molecule has 110 valence electrons. The summed E-state index contributed by atoms with van der Waals surface area (Å²) in [7, 11) is 0. The van der Waals surface area contributed by atoms with Crippen molar-refractivity contribution in [1.82, 2.24) is 0 Å². The fourth-order valence-electron chi connectivity index (χ4n) is 1.60. The van der Waals surface area contributed by atoms with Crippen molar-refractivity contribution in [3.8, 4) is 0 Å². The van der Waals surface area contributed by atoms with E-state index in [0.29, 0.717) is 0 Å². The predicted octanol–water partition coefficient (Wildman–Crippen LogP) is 3.48. The van der Waals surface area contributed by atoms with Crippen molar-refractivity contribution in [2.75, 3.05) is 6.61 Å². The molecule has 20 heavy (non-hydrogen) atoms. The van der Waals surface area contributed by atoms with E-state index in [-0.39, 0.29) is 12.2 Å². The number of hydrogen-bond donors (Lipinski definition) is 0. The average Bonchev–Trinajstić information content (AvgIpc) is 2.37. The molecule has 1 aromatic carbocycles. The molecule has 1 rings (SSSR count). The summed E-state index contributed by atoms with van der Waals surface area (Å²) in [4.78, 5) is 23.9. The standard InChI is InChI=1S/C14H15F3O3/c1-4-20-12(19)13(2,3)11(18)9-6-5-7-10(8-9)14(15,16)17/h5-8H,4H2,1-3H3. The number of hydrogen-bond acceptors (Lipinski definition) is 3. The Morgan fingerprint density at radius 2 is 1.80 bits per heavy atom. The molecule has 0 aliphatic heterocycles. The summed E-state index contributed by atoms with van der Waals surface area (Å²) in [6, 6.07) is 3.99. The van der Waals surface area contributed by atoms with Gasteiger partial charge in [0.1, 0.15) is 5.41 Å². The van der Waals surface area contributed by atoms with Gasteiger partial charge in [-0.3, -0.25) is 9.59 Å². The minimum absolute atomic E-state index is 0.0954. The van der Waals surface area contributed by atoms with Crippen LogP contribution in [0.15, 0.2) is 24.3 Å². The number of carbonyl (C=O) groups is 2. The van der Waals surface area contributed by atoms with E-state index < -0.39 is 28.9 Å². The number of benzene rings is 1. The number of ether oxygens (including phenoxy) is 1. The van der Waals surface area contributed by atoms with Gasteiger partial charge in [-0.05, 0) is 32.9 Å². The van der Waals surface area contributed by atoms with Crippen molar-refractivity contribution in [1.29, 1.82) is 0 Å². The molecule has 3 nitrogen and oxygen atoms in total. The molecular formula is C14H15F3O3. The fourth-order valence-corrected chi connectivity index (χ4v) is 1.60. The quantitative estimate of drug-likeness (QED) is 0.484. The van der Waals surface area contributed by atoms with Gasteiger partial charge in [-0.25, -0.2) is 0 Å². The first-order valence-electron chi connectivity index (χ1n) is 6.00. The second-order valence-electron chi connectivity index (χ2n) is 4.75. The predicted molar refractivity (Wildman–Crippen MR) is 66.2 cm³/mol. The molecule has 0 fully saturated rings. The van der Waals surface area contributed by atoms with E-state index in [4.69, 9.17) is 4.74 Å². The molecule has 0 aromatic heterocycles. The third kappa shape index (κ3) is 3.37. The summed E-state index contributed by atoms with van der Waals surface area (Å²) in [6.45, 7) is 4.34. The van der Waals surface area contributed by atoms with Crippen molar-refractivity contribution in [2.45, 2.75) is 26.9 Å². The highest BCUT2D eigenvalue weighted by molar-refractivity contribution is 6.11. The van der Waals surface area contributed by atoms with Gasteiger partial charge in [0.25, 0.3) is 0 Å². The van der Waals surface area contributed by atoms with Gasteiger partial charge in [0.2, 0.25) is 0 Å². The Balaban J connectivity index is 3.12. The second kappa shape index (κ2) is 5.64. The highest BCUT2D eigenvalue weighted by atomic mass is 19.4. The largest absolute Gasteiger partial charge is 0.465 e. The minimum Gasteiger partial charge on any atom is -0.465 e. The zero-order chi connectivity index (χ0) is 15.6. The van der Waals surface area contributed by atoms with E-state index in [1.54, 1.807) is 6.92 Å². The first-order chi connectivity index (χ1) is 9.10. The lowest BCUT2D eigenvalue weighted by molar-refractivity contribution is -0.150. The zero-order valence-corrected chi connectivity index (χ0v) is 11.4. The van der Waals surface area contributed by atoms with Crippen molar-refractivity contribution >= 4 is 11.8 Å². The SMILES string of the molecule is CCOC(=O)C(C)(C)C(=O)c1cccc(C(F)(F)F)c1. The molecular weight excluding hydrogens is 273 g/mol. The van der Waals surface area contributed by atoms with Crippen LogP contribution < -0.4 is 0 Å². The molecule has 6 heteroatoms.